The Kier molecular flexibility index (Phi) is 6.54. The van der Waals surface area contributed by atoms with E-state index >= 15 is 0 Å². The van der Waals surface area contributed by atoms with Crippen LogP contribution in [0.3, 0.4) is 0 Å². The molecule has 1 saturated heterocycles. The second-order valence-electron chi connectivity index (χ2n) is 4.76. The number of hydrogen-bond donors (Lipinski definition) is 0. The van der Waals surface area contributed by atoms with Gasteiger partial charge in [0, 0.05) is 37.6 Å². The van der Waals surface area contributed by atoms with Gasteiger partial charge in [0.25, 0.3) is 0 Å². The van der Waals surface area contributed by atoms with Crippen molar-refractivity contribution in [2.24, 2.45) is 5.92 Å². The third kappa shape index (κ3) is 4.13. The van der Waals surface area contributed by atoms with Gasteiger partial charge in [0.15, 0.2) is 0 Å². The number of methoxy groups -OCH3 is 1. The second kappa shape index (κ2) is 7.13. The Balaban J connectivity index is 2.43. The highest BCUT2D eigenvalue weighted by molar-refractivity contribution is 14.1. The first-order valence-corrected chi connectivity index (χ1v) is 7.46. The maximum absolute atomic E-state index is 6.12. The molecular formula is C12H23IO3. The predicted octanol–water partition coefficient (Wildman–Crippen LogP) is 2.66. The maximum Gasteiger partial charge on any atom is 0.0827 e. The zero-order chi connectivity index (χ0) is 12.0. The van der Waals surface area contributed by atoms with E-state index in [1.165, 1.54) is 0 Å². The molecule has 1 atom stereocenters. The smallest absolute Gasteiger partial charge is 0.0827 e. The van der Waals surface area contributed by atoms with Crippen LogP contribution in [0.15, 0.2) is 0 Å². The number of hydrogen-bond acceptors (Lipinski definition) is 3. The van der Waals surface area contributed by atoms with Crippen LogP contribution in [0.25, 0.3) is 0 Å². The van der Waals surface area contributed by atoms with E-state index in [1.807, 2.05) is 0 Å². The molecule has 1 heterocycles. The summed E-state index contributed by atoms with van der Waals surface area (Å²) in [6.45, 7) is 6.66. The van der Waals surface area contributed by atoms with Gasteiger partial charge < -0.3 is 14.2 Å². The first kappa shape index (κ1) is 14.7. The lowest BCUT2D eigenvalue weighted by molar-refractivity contribution is -0.126. The fourth-order valence-corrected chi connectivity index (χ4v) is 2.83. The molecule has 3 nitrogen and oxygen atoms in total. The van der Waals surface area contributed by atoms with Gasteiger partial charge in [0.05, 0.1) is 18.3 Å². The molecule has 1 aliphatic heterocycles. The molecule has 1 unspecified atom stereocenters. The molecule has 4 heteroatoms. The highest BCUT2D eigenvalue weighted by atomic mass is 127. The molecule has 0 aliphatic carbocycles. The van der Waals surface area contributed by atoms with Crippen LogP contribution in [0.4, 0.5) is 0 Å². The van der Waals surface area contributed by atoms with E-state index in [-0.39, 0.29) is 11.7 Å². The second-order valence-corrected chi connectivity index (χ2v) is 5.52. The van der Waals surface area contributed by atoms with E-state index in [0.717, 1.165) is 30.5 Å². The molecular weight excluding hydrogens is 319 g/mol. The van der Waals surface area contributed by atoms with Gasteiger partial charge in [-0.1, -0.05) is 36.4 Å². The van der Waals surface area contributed by atoms with Gasteiger partial charge in [-0.2, -0.15) is 0 Å². The van der Waals surface area contributed by atoms with E-state index in [9.17, 15) is 0 Å². The number of alkyl halides is 1. The normalized spacial score (nSPS) is 22.3. The fraction of sp³-hybridized carbons (Fsp3) is 1.00. The Morgan fingerprint density at radius 3 is 2.38 bits per heavy atom. The van der Waals surface area contributed by atoms with Crippen molar-refractivity contribution >= 4 is 22.6 Å². The zero-order valence-corrected chi connectivity index (χ0v) is 12.7. The third-order valence-corrected chi connectivity index (χ3v) is 4.64. The Morgan fingerprint density at radius 2 is 1.94 bits per heavy atom. The van der Waals surface area contributed by atoms with Gasteiger partial charge in [-0.25, -0.2) is 0 Å². The first-order valence-electron chi connectivity index (χ1n) is 5.94. The van der Waals surface area contributed by atoms with Crippen molar-refractivity contribution in [3.63, 3.8) is 0 Å². The molecule has 0 aromatic carbocycles. The van der Waals surface area contributed by atoms with Crippen LogP contribution >= 0.6 is 22.6 Å². The van der Waals surface area contributed by atoms with E-state index in [1.54, 1.807) is 7.11 Å². The molecule has 0 N–H and O–H groups in total. The third-order valence-electron chi connectivity index (χ3n) is 3.25. The molecule has 1 fully saturated rings. The van der Waals surface area contributed by atoms with Crippen LogP contribution in [0.1, 0.15) is 26.7 Å². The number of ether oxygens (including phenoxy) is 3. The molecule has 1 rings (SSSR count). The minimum atomic E-state index is 0.0183. The highest BCUT2D eigenvalue weighted by Crippen LogP contribution is 2.28. The molecule has 0 radical (unpaired) electrons. The summed E-state index contributed by atoms with van der Waals surface area (Å²) >= 11 is 2.41. The molecule has 16 heavy (non-hydrogen) atoms. The molecule has 0 bridgehead atoms. The molecule has 96 valence electrons. The molecule has 1 aliphatic rings. The molecule has 0 spiro atoms. The first-order chi connectivity index (χ1) is 7.63. The van der Waals surface area contributed by atoms with Crippen LogP contribution in [0.2, 0.25) is 0 Å². The largest absolute Gasteiger partial charge is 0.381 e. The Labute approximate surface area is 112 Å². The summed E-state index contributed by atoms with van der Waals surface area (Å²) in [6.07, 6.45) is 2.21. The summed E-state index contributed by atoms with van der Waals surface area (Å²) in [7, 11) is 1.76. The molecule has 0 aromatic heterocycles. The minimum Gasteiger partial charge on any atom is -0.381 e. The average molecular weight is 342 g/mol. The standard InChI is InChI=1S/C12H23IO3/c1-10(2)11(14-3)8-16-12(9-13)4-6-15-7-5-12/h10-11H,4-9H2,1-3H3. The minimum absolute atomic E-state index is 0.0183. The van der Waals surface area contributed by atoms with Crippen molar-refractivity contribution in [1.29, 1.82) is 0 Å². The summed E-state index contributed by atoms with van der Waals surface area (Å²) < 4.78 is 18.0. The lowest BCUT2D eigenvalue weighted by Gasteiger charge is -2.37. The van der Waals surface area contributed by atoms with E-state index < -0.39 is 0 Å². The Bertz CT molecular complexity index is 191. The summed E-state index contributed by atoms with van der Waals surface area (Å²) in [5.74, 6) is 0.496. The molecule has 0 aromatic rings. The van der Waals surface area contributed by atoms with Crippen molar-refractivity contribution in [3.05, 3.63) is 0 Å². The molecule has 0 amide bonds. The van der Waals surface area contributed by atoms with Gasteiger partial charge in [-0.05, 0) is 5.92 Å². The zero-order valence-electron chi connectivity index (χ0n) is 10.5. The molecule has 0 saturated carbocycles. The van der Waals surface area contributed by atoms with Gasteiger partial charge in [0.2, 0.25) is 0 Å². The van der Waals surface area contributed by atoms with Gasteiger partial charge in [0.1, 0.15) is 0 Å². The topological polar surface area (TPSA) is 27.7 Å². The summed E-state index contributed by atoms with van der Waals surface area (Å²) in [6, 6.07) is 0. The monoisotopic (exact) mass is 342 g/mol. The van der Waals surface area contributed by atoms with Gasteiger partial charge in [-0.15, -0.1) is 0 Å². The predicted molar refractivity (Wildman–Crippen MR) is 73.3 cm³/mol. The van der Waals surface area contributed by atoms with Gasteiger partial charge in [-0.3, -0.25) is 0 Å². The van der Waals surface area contributed by atoms with Crippen molar-refractivity contribution in [1.82, 2.24) is 0 Å². The maximum atomic E-state index is 6.12. The fourth-order valence-electron chi connectivity index (χ4n) is 1.85. The lowest BCUT2D eigenvalue weighted by atomic mass is 9.96. The Morgan fingerprint density at radius 1 is 1.31 bits per heavy atom. The van der Waals surface area contributed by atoms with Crippen LogP contribution in [-0.2, 0) is 14.2 Å². The van der Waals surface area contributed by atoms with Crippen molar-refractivity contribution < 1.29 is 14.2 Å². The quantitative estimate of drug-likeness (QED) is 0.549. The van der Waals surface area contributed by atoms with Crippen molar-refractivity contribution in [3.8, 4) is 0 Å². The number of rotatable bonds is 6. The van der Waals surface area contributed by atoms with Crippen molar-refractivity contribution in [2.45, 2.75) is 38.4 Å². The average Bonchev–Trinajstić information content (AvgIpc) is 2.30. The highest BCUT2D eigenvalue weighted by Gasteiger charge is 2.33. The number of halogens is 1. The van der Waals surface area contributed by atoms with Gasteiger partial charge >= 0.3 is 0 Å². The lowest BCUT2D eigenvalue weighted by Crippen LogP contribution is -2.43. The summed E-state index contributed by atoms with van der Waals surface area (Å²) in [4.78, 5) is 0. The summed E-state index contributed by atoms with van der Waals surface area (Å²) in [5.41, 5.74) is 0.0183. The van der Waals surface area contributed by atoms with E-state index in [0.29, 0.717) is 12.5 Å². The van der Waals surface area contributed by atoms with E-state index in [4.69, 9.17) is 14.2 Å². The Hall–Kier alpha value is 0.610. The van der Waals surface area contributed by atoms with E-state index in [2.05, 4.69) is 36.4 Å². The summed E-state index contributed by atoms with van der Waals surface area (Å²) in [5, 5.41) is 0. The SMILES string of the molecule is COC(COC1(CI)CCOCC1)C(C)C. The van der Waals surface area contributed by atoms with Crippen LogP contribution in [-0.4, -0.2) is 43.1 Å². The van der Waals surface area contributed by atoms with Crippen LogP contribution in [0.5, 0.6) is 0 Å². The van der Waals surface area contributed by atoms with Crippen LogP contribution in [0, 0.1) is 5.92 Å². The van der Waals surface area contributed by atoms with Crippen molar-refractivity contribution in [2.75, 3.05) is 31.4 Å². The van der Waals surface area contributed by atoms with Crippen LogP contribution < -0.4 is 0 Å².